The molecule has 0 amide bonds. The summed E-state index contributed by atoms with van der Waals surface area (Å²) in [5, 5.41) is 13.5. The average Bonchev–Trinajstić information content (AvgIpc) is 2.83. The van der Waals surface area contributed by atoms with Crippen LogP contribution in [0.1, 0.15) is 33.6 Å². The van der Waals surface area contributed by atoms with Crippen LogP contribution in [-0.4, -0.2) is 37.2 Å². The molecule has 19 heavy (non-hydrogen) atoms. The molecule has 1 atom stereocenters. The number of hydrogen-bond donors (Lipinski definition) is 3. The molecule has 104 valence electrons. The second-order valence-electron chi connectivity index (χ2n) is 5.61. The lowest BCUT2D eigenvalue weighted by molar-refractivity contribution is 0.0585. The van der Waals surface area contributed by atoms with Gasteiger partial charge in [-0.1, -0.05) is 13.8 Å². The van der Waals surface area contributed by atoms with Gasteiger partial charge < -0.3 is 15.4 Å². The Labute approximate surface area is 112 Å². The van der Waals surface area contributed by atoms with Crippen LogP contribution in [0, 0.1) is 5.92 Å². The molecule has 0 fully saturated rings. The summed E-state index contributed by atoms with van der Waals surface area (Å²) in [6.45, 7) is 6.60. The van der Waals surface area contributed by atoms with E-state index in [4.69, 9.17) is 0 Å². The number of nitrogens with one attached hydrogen (secondary N) is 2. The predicted octanol–water partition coefficient (Wildman–Crippen LogP) is 1.95. The van der Waals surface area contributed by atoms with Crippen molar-refractivity contribution < 1.29 is 5.11 Å². The molecule has 6 heteroatoms. The molecular weight excluding hydrogens is 242 g/mol. The molecule has 6 nitrogen and oxygen atoms in total. The van der Waals surface area contributed by atoms with Crippen molar-refractivity contribution >= 4 is 17.0 Å². The molecule has 0 saturated carbocycles. The molecule has 0 aliphatic carbocycles. The van der Waals surface area contributed by atoms with E-state index in [1.54, 1.807) is 6.33 Å². The highest BCUT2D eigenvalue weighted by Crippen LogP contribution is 2.19. The number of fused-ring (bicyclic) bond motifs is 1. The van der Waals surface area contributed by atoms with Crippen LogP contribution in [0.3, 0.4) is 0 Å². The molecule has 2 aromatic rings. The zero-order valence-electron chi connectivity index (χ0n) is 11.6. The van der Waals surface area contributed by atoms with Gasteiger partial charge in [-0.25, -0.2) is 15.0 Å². The monoisotopic (exact) mass is 263 g/mol. The van der Waals surface area contributed by atoms with Gasteiger partial charge in [0, 0.05) is 6.54 Å². The lowest BCUT2D eigenvalue weighted by Crippen LogP contribution is -2.34. The highest BCUT2D eigenvalue weighted by atomic mass is 16.3. The number of rotatable bonds is 6. The van der Waals surface area contributed by atoms with Gasteiger partial charge in [-0.3, -0.25) is 0 Å². The summed E-state index contributed by atoms with van der Waals surface area (Å²) in [5.41, 5.74) is 0.642. The third-order valence-corrected chi connectivity index (χ3v) is 3.12. The van der Waals surface area contributed by atoms with Gasteiger partial charge in [0.1, 0.15) is 11.8 Å². The summed E-state index contributed by atoms with van der Waals surface area (Å²) in [7, 11) is 0. The van der Waals surface area contributed by atoms with Gasteiger partial charge in [0.05, 0.1) is 11.9 Å². The van der Waals surface area contributed by atoms with Crippen molar-refractivity contribution in [2.75, 3.05) is 11.9 Å². The molecule has 0 unspecified atom stereocenters. The van der Waals surface area contributed by atoms with Crippen LogP contribution in [0.15, 0.2) is 12.7 Å². The van der Waals surface area contributed by atoms with Crippen LogP contribution in [0.2, 0.25) is 0 Å². The van der Waals surface area contributed by atoms with Crippen LogP contribution < -0.4 is 5.32 Å². The number of aliphatic hydroxyl groups is 1. The standard InChI is InChI=1S/C13H21N5O/c1-9(2)4-5-13(3,19)6-14-11-10-12(16-7-15-10)18-8-17-11/h7-9,19H,4-6H2,1-3H3,(H2,14,15,16,17,18)/t13-/m1/s1. The van der Waals surface area contributed by atoms with E-state index in [-0.39, 0.29) is 0 Å². The molecule has 2 rings (SSSR count). The Kier molecular flexibility index (Phi) is 3.99. The number of H-pyrrole nitrogens is 1. The smallest absolute Gasteiger partial charge is 0.182 e. The topological polar surface area (TPSA) is 86.7 Å². The maximum Gasteiger partial charge on any atom is 0.182 e. The van der Waals surface area contributed by atoms with Gasteiger partial charge in [-0.15, -0.1) is 0 Å². The molecule has 2 aromatic heterocycles. The van der Waals surface area contributed by atoms with Crippen LogP contribution in [0.25, 0.3) is 11.2 Å². The third-order valence-electron chi connectivity index (χ3n) is 3.12. The zero-order chi connectivity index (χ0) is 13.9. The van der Waals surface area contributed by atoms with Crippen molar-refractivity contribution in [3.63, 3.8) is 0 Å². The Morgan fingerprint density at radius 3 is 2.89 bits per heavy atom. The number of imidazole rings is 1. The highest BCUT2D eigenvalue weighted by Gasteiger charge is 2.21. The number of aromatic amines is 1. The Hall–Kier alpha value is -1.69. The van der Waals surface area contributed by atoms with Gasteiger partial charge in [0.15, 0.2) is 11.5 Å². The number of aromatic nitrogens is 4. The summed E-state index contributed by atoms with van der Waals surface area (Å²) in [5.74, 6) is 1.26. The second-order valence-corrected chi connectivity index (χ2v) is 5.61. The Morgan fingerprint density at radius 1 is 1.37 bits per heavy atom. The van der Waals surface area contributed by atoms with Crippen LogP contribution in [0.5, 0.6) is 0 Å². The third kappa shape index (κ3) is 3.64. The van der Waals surface area contributed by atoms with Gasteiger partial charge in [0.2, 0.25) is 0 Å². The largest absolute Gasteiger partial charge is 0.388 e. The molecule has 0 saturated heterocycles. The van der Waals surface area contributed by atoms with E-state index in [9.17, 15) is 5.11 Å². The van der Waals surface area contributed by atoms with E-state index in [0.29, 0.717) is 23.9 Å². The van der Waals surface area contributed by atoms with Gasteiger partial charge in [-0.2, -0.15) is 0 Å². The predicted molar refractivity (Wildman–Crippen MR) is 74.9 cm³/mol. The maximum absolute atomic E-state index is 10.3. The molecule has 0 radical (unpaired) electrons. The first kappa shape index (κ1) is 13.7. The minimum absolute atomic E-state index is 0.449. The van der Waals surface area contributed by atoms with Crippen molar-refractivity contribution in [2.45, 2.75) is 39.2 Å². The highest BCUT2D eigenvalue weighted by molar-refractivity contribution is 5.81. The van der Waals surface area contributed by atoms with Gasteiger partial charge in [-0.05, 0) is 25.7 Å². The Balaban J connectivity index is 2.00. The van der Waals surface area contributed by atoms with Crippen molar-refractivity contribution in [3.8, 4) is 0 Å². The summed E-state index contributed by atoms with van der Waals surface area (Å²) in [6, 6.07) is 0. The summed E-state index contributed by atoms with van der Waals surface area (Å²) < 4.78 is 0. The van der Waals surface area contributed by atoms with Crippen molar-refractivity contribution in [2.24, 2.45) is 5.92 Å². The van der Waals surface area contributed by atoms with E-state index >= 15 is 0 Å². The number of hydrogen-bond acceptors (Lipinski definition) is 5. The normalized spacial score (nSPS) is 14.8. The first-order valence-corrected chi connectivity index (χ1v) is 6.58. The van der Waals surface area contributed by atoms with E-state index in [1.165, 1.54) is 6.33 Å². The lowest BCUT2D eigenvalue weighted by atomic mass is 9.95. The Morgan fingerprint density at radius 2 is 2.16 bits per heavy atom. The van der Waals surface area contributed by atoms with Crippen LogP contribution in [0.4, 0.5) is 5.82 Å². The molecule has 2 heterocycles. The maximum atomic E-state index is 10.3. The second kappa shape index (κ2) is 5.52. The van der Waals surface area contributed by atoms with E-state index in [2.05, 4.69) is 39.1 Å². The molecule has 0 aromatic carbocycles. The van der Waals surface area contributed by atoms with E-state index in [0.717, 1.165) is 18.4 Å². The quantitative estimate of drug-likeness (QED) is 0.741. The van der Waals surface area contributed by atoms with Gasteiger partial charge in [0.25, 0.3) is 0 Å². The molecule has 0 aliphatic rings. The van der Waals surface area contributed by atoms with Gasteiger partial charge >= 0.3 is 0 Å². The fraction of sp³-hybridized carbons (Fsp3) is 0.615. The van der Waals surface area contributed by atoms with Crippen LogP contribution >= 0.6 is 0 Å². The summed E-state index contributed by atoms with van der Waals surface area (Å²) in [4.78, 5) is 15.3. The first-order valence-electron chi connectivity index (χ1n) is 6.58. The minimum Gasteiger partial charge on any atom is -0.388 e. The molecule has 3 N–H and O–H groups in total. The van der Waals surface area contributed by atoms with E-state index < -0.39 is 5.60 Å². The SMILES string of the molecule is CC(C)CC[C@@](C)(O)CNc1ncnc2nc[nH]c12. The van der Waals surface area contributed by atoms with Crippen molar-refractivity contribution in [3.05, 3.63) is 12.7 Å². The minimum atomic E-state index is -0.748. The summed E-state index contributed by atoms with van der Waals surface area (Å²) in [6.07, 6.45) is 4.81. The molecule has 0 spiro atoms. The fourth-order valence-corrected chi connectivity index (χ4v) is 1.86. The number of anilines is 1. The Bertz CT molecular complexity index is 535. The molecule has 0 bridgehead atoms. The number of nitrogens with zero attached hydrogens (tertiary/aromatic N) is 3. The lowest BCUT2D eigenvalue weighted by Gasteiger charge is -2.24. The fourth-order valence-electron chi connectivity index (χ4n) is 1.86. The van der Waals surface area contributed by atoms with Crippen LogP contribution in [-0.2, 0) is 0 Å². The molecular formula is C13H21N5O. The van der Waals surface area contributed by atoms with Crippen molar-refractivity contribution in [1.82, 2.24) is 19.9 Å². The average molecular weight is 263 g/mol. The van der Waals surface area contributed by atoms with Crippen molar-refractivity contribution in [1.29, 1.82) is 0 Å². The van der Waals surface area contributed by atoms with E-state index in [1.807, 2.05) is 6.92 Å². The zero-order valence-corrected chi connectivity index (χ0v) is 11.6. The first-order chi connectivity index (χ1) is 8.98. The summed E-state index contributed by atoms with van der Waals surface area (Å²) >= 11 is 0. The molecule has 0 aliphatic heterocycles.